The van der Waals surface area contributed by atoms with E-state index in [1.165, 1.54) is 6.07 Å². The minimum absolute atomic E-state index is 0.443. The molecule has 0 saturated carbocycles. The lowest BCUT2D eigenvalue weighted by Crippen LogP contribution is -2.18. The highest BCUT2D eigenvalue weighted by Crippen LogP contribution is 2.25. The number of rotatable bonds is 1. The van der Waals surface area contributed by atoms with Gasteiger partial charge in [-0.25, -0.2) is 9.37 Å². The molecule has 7 heteroatoms. The molecule has 0 aliphatic heterocycles. The first-order valence-electron chi connectivity index (χ1n) is 3.24. The lowest BCUT2D eigenvalue weighted by atomic mass is 10.3. The lowest BCUT2D eigenvalue weighted by Gasteiger charge is -2.08. The third kappa shape index (κ3) is 2.58. The Hall–Kier alpha value is -1.84. The van der Waals surface area contributed by atoms with Gasteiger partial charge < -0.3 is 4.74 Å². The third-order valence-corrected chi connectivity index (χ3v) is 1.15. The summed E-state index contributed by atoms with van der Waals surface area (Å²) in [5.41, 5.74) is -0.622. The molecule has 1 aromatic rings. The van der Waals surface area contributed by atoms with Crippen molar-refractivity contribution < 1.29 is 22.3 Å². The second-order valence-electron chi connectivity index (χ2n) is 2.16. The predicted octanol–water partition coefficient (Wildman–Crippen LogP) is 1.99. The molecule has 1 aromatic heterocycles. The van der Waals surface area contributed by atoms with Crippen molar-refractivity contribution in [3.63, 3.8) is 0 Å². The molecule has 0 unspecified atom stereocenters. The second-order valence-corrected chi connectivity index (χ2v) is 2.16. The monoisotopic (exact) mass is 206 g/mol. The molecule has 74 valence electrons. The molecule has 0 atom stereocenters. The third-order valence-electron chi connectivity index (χ3n) is 1.15. The number of halogens is 4. The van der Waals surface area contributed by atoms with Crippen LogP contribution < -0.4 is 4.74 Å². The average Bonchev–Trinajstić information content (AvgIpc) is 2.01. The molecular weight excluding hydrogens is 204 g/mol. The van der Waals surface area contributed by atoms with Gasteiger partial charge >= 0.3 is 6.36 Å². The maximum absolute atomic E-state index is 12.4. The molecule has 0 aliphatic rings. The fourth-order valence-corrected chi connectivity index (χ4v) is 0.707. The van der Waals surface area contributed by atoms with E-state index in [-0.39, 0.29) is 0 Å². The first-order chi connectivity index (χ1) is 6.42. The summed E-state index contributed by atoms with van der Waals surface area (Å²) in [4.78, 5) is 3.12. The van der Waals surface area contributed by atoms with Gasteiger partial charge in [-0.1, -0.05) is 0 Å². The maximum Gasteiger partial charge on any atom is 0.573 e. The summed E-state index contributed by atoms with van der Waals surface area (Å²) in [6.45, 7) is 0. The highest BCUT2D eigenvalue weighted by Gasteiger charge is 2.32. The van der Waals surface area contributed by atoms with Crippen LogP contribution in [0.1, 0.15) is 5.69 Å². The molecule has 0 amide bonds. The maximum atomic E-state index is 12.4. The summed E-state index contributed by atoms with van der Waals surface area (Å²) < 4.78 is 50.9. The molecule has 1 heterocycles. The molecule has 0 spiro atoms. The molecule has 3 nitrogen and oxygen atoms in total. The minimum atomic E-state index is -4.97. The Labute approximate surface area is 75.5 Å². The molecule has 14 heavy (non-hydrogen) atoms. The van der Waals surface area contributed by atoms with Crippen LogP contribution >= 0.6 is 0 Å². The Bertz CT molecular complexity index is 382. The number of ether oxygens (including phenoxy) is 1. The Morgan fingerprint density at radius 1 is 1.43 bits per heavy atom. The van der Waals surface area contributed by atoms with Crippen molar-refractivity contribution in [1.82, 2.24) is 4.98 Å². The number of alkyl halides is 3. The van der Waals surface area contributed by atoms with Crippen molar-refractivity contribution in [2.75, 3.05) is 0 Å². The lowest BCUT2D eigenvalue weighted by molar-refractivity contribution is -0.274. The number of nitrogens with zero attached hydrogens (tertiary/aromatic N) is 2. The Kier molecular flexibility index (Phi) is 2.56. The smallest absolute Gasteiger partial charge is 0.403 e. The number of hydrogen-bond acceptors (Lipinski definition) is 3. The molecule has 0 aromatic carbocycles. The van der Waals surface area contributed by atoms with Crippen molar-refractivity contribution in [2.45, 2.75) is 6.36 Å². The molecule has 0 saturated heterocycles. The van der Waals surface area contributed by atoms with E-state index in [1.54, 1.807) is 0 Å². The van der Waals surface area contributed by atoms with E-state index in [0.29, 0.717) is 12.3 Å². The van der Waals surface area contributed by atoms with Crippen molar-refractivity contribution in [3.8, 4) is 11.8 Å². The van der Waals surface area contributed by atoms with Crippen molar-refractivity contribution in [2.24, 2.45) is 0 Å². The number of pyridine rings is 1. The van der Waals surface area contributed by atoms with Gasteiger partial charge in [0, 0.05) is 6.07 Å². The molecular formula is C7H2F4N2O. The van der Waals surface area contributed by atoms with Gasteiger partial charge in [0.1, 0.15) is 11.9 Å². The van der Waals surface area contributed by atoms with Gasteiger partial charge in [-0.3, -0.25) is 0 Å². The highest BCUT2D eigenvalue weighted by molar-refractivity contribution is 5.36. The summed E-state index contributed by atoms with van der Waals surface area (Å²) in [5, 5.41) is 8.32. The van der Waals surface area contributed by atoms with E-state index in [4.69, 9.17) is 5.26 Å². The first-order valence-corrected chi connectivity index (χ1v) is 3.24. The Morgan fingerprint density at radius 3 is 2.57 bits per heavy atom. The van der Waals surface area contributed by atoms with E-state index in [9.17, 15) is 17.6 Å². The van der Waals surface area contributed by atoms with E-state index < -0.39 is 23.6 Å². The summed E-state index contributed by atoms with van der Waals surface area (Å²) >= 11 is 0. The van der Waals surface area contributed by atoms with Gasteiger partial charge in [-0.05, 0) is 0 Å². The van der Waals surface area contributed by atoms with Gasteiger partial charge in [0.15, 0.2) is 11.4 Å². The van der Waals surface area contributed by atoms with Crippen LogP contribution in [0, 0.1) is 17.1 Å². The van der Waals surface area contributed by atoms with E-state index >= 15 is 0 Å². The van der Waals surface area contributed by atoms with Crippen LogP contribution in [0.15, 0.2) is 12.3 Å². The molecule has 0 aliphatic carbocycles. The van der Waals surface area contributed by atoms with Crippen LogP contribution in [0.2, 0.25) is 0 Å². The van der Waals surface area contributed by atoms with Crippen molar-refractivity contribution in [1.29, 1.82) is 5.26 Å². The fourth-order valence-electron chi connectivity index (χ4n) is 0.707. The summed E-state index contributed by atoms with van der Waals surface area (Å²) in [6.07, 6.45) is -4.34. The highest BCUT2D eigenvalue weighted by atomic mass is 19.4. The molecule has 0 radical (unpaired) electrons. The fraction of sp³-hybridized carbons (Fsp3) is 0.143. The van der Waals surface area contributed by atoms with E-state index in [0.717, 1.165) is 0 Å². The summed E-state index contributed by atoms with van der Waals surface area (Å²) in [7, 11) is 0. The molecule has 0 bridgehead atoms. The summed E-state index contributed by atoms with van der Waals surface area (Å²) in [6, 6.07) is 1.79. The second kappa shape index (κ2) is 3.49. The van der Waals surface area contributed by atoms with Crippen LogP contribution in [0.3, 0.4) is 0 Å². The normalized spacial score (nSPS) is 10.8. The van der Waals surface area contributed by atoms with Crippen molar-refractivity contribution >= 4 is 0 Å². The average molecular weight is 206 g/mol. The van der Waals surface area contributed by atoms with E-state index in [2.05, 4.69) is 9.72 Å². The van der Waals surface area contributed by atoms with E-state index in [1.807, 2.05) is 0 Å². The summed E-state index contributed by atoms with van der Waals surface area (Å²) in [5.74, 6) is -1.96. The van der Waals surface area contributed by atoms with Gasteiger partial charge in [0.2, 0.25) is 0 Å². The van der Waals surface area contributed by atoms with Crippen molar-refractivity contribution in [3.05, 3.63) is 23.8 Å². The molecule has 1 rings (SSSR count). The quantitative estimate of drug-likeness (QED) is 0.660. The predicted molar refractivity (Wildman–Crippen MR) is 35.6 cm³/mol. The largest absolute Gasteiger partial charge is 0.573 e. The van der Waals surface area contributed by atoms with Gasteiger partial charge in [-0.2, -0.15) is 5.26 Å². The van der Waals surface area contributed by atoms with Crippen LogP contribution in [0.25, 0.3) is 0 Å². The van der Waals surface area contributed by atoms with Gasteiger partial charge in [-0.15, -0.1) is 13.2 Å². The number of hydrogen-bond donors (Lipinski definition) is 0. The zero-order valence-corrected chi connectivity index (χ0v) is 6.47. The standard InChI is InChI=1S/C7H2F4N2O/c8-4-1-6(14-7(9,10)11)5(2-12)13-3-4/h1,3H. The zero-order chi connectivity index (χ0) is 10.8. The number of nitriles is 1. The zero-order valence-electron chi connectivity index (χ0n) is 6.47. The van der Waals surface area contributed by atoms with Gasteiger partial charge in [0.25, 0.3) is 0 Å². The molecule has 0 fully saturated rings. The minimum Gasteiger partial charge on any atom is -0.403 e. The SMILES string of the molecule is N#Cc1ncc(F)cc1OC(F)(F)F. The molecule has 0 N–H and O–H groups in total. The topological polar surface area (TPSA) is 45.9 Å². The van der Waals surface area contributed by atoms with Crippen LogP contribution in [-0.2, 0) is 0 Å². The van der Waals surface area contributed by atoms with Crippen LogP contribution in [0.4, 0.5) is 17.6 Å². The first kappa shape index (κ1) is 10.2. The van der Waals surface area contributed by atoms with Gasteiger partial charge in [0.05, 0.1) is 6.20 Å². The van der Waals surface area contributed by atoms with Crippen LogP contribution in [-0.4, -0.2) is 11.3 Å². The Balaban J connectivity index is 3.07. The van der Waals surface area contributed by atoms with Crippen LogP contribution in [0.5, 0.6) is 5.75 Å². The Morgan fingerprint density at radius 2 is 2.07 bits per heavy atom. The number of aromatic nitrogens is 1.